The standard InChI is InChI=1S/C15H16N2O3/c1-10-8-11(2)17(15(20)16-10)9-13(14(18)19)12-6-4-3-5-7-12/h3-8,13H,9H2,1-2H3,(H,18,19). The number of aromatic nitrogens is 2. The smallest absolute Gasteiger partial charge is 0.347 e. The summed E-state index contributed by atoms with van der Waals surface area (Å²) in [6.45, 7) is 3.60. The van der Waals surface area contributed by atoms with Crippen LogP contribution < -0.4 is 5.69 Å². The Hall–Kier alpha value is -2.43. The van der Waals surface area contributed by atoms with Gasteiger partial charge in [0.2, 0.25) is 0 Å². The molecule has 1 atom stereocenters. The van der Waals surface area contributed by atoms with Gasteiger partial charge in [-0.25, -0.2) is 4.79 Å². The van der Waals surface area contributed by atoms with Crippen LogP contribution in [0.1, 0.15) is 22.9 Å². The van der Waals surface area contributed by atoms with Crippen molar-refractivity contribution < 1.29 is 9.90 Å². The van der Waals surface area contributed by atoms with Crippen molar-refractivity contribution >= 4 is 5.97 Å². The lowest BCUT2D eigenvalue weighted by Gasteiger charge is -2.16. The molecule has 0 bridgehead atoms. The lowest BCUT2D eigenvalue weighted by Crippen LogP contribution is -2.30. The Balaban J connectivity index is 2.40. The third-order valence-corrected chi connectivity index (χ3v) is 3.21. The second kappa shape index (κ2) is 5.69. The Bertz CT molecular complexity index is 677. The van der Waals surface area contributed by atoms with Crippen LogP contribution in [0.25, 0.3) is 0 Å². The number of rotatable bonds is 4. The van der Waals surface area contributed by atoms with Gasteiger partial charge in [0.25, 0.3) is 0 Å². The topological polar surface area (TPSA) is 72.2 Å². The highest BCUT2D eigenvalue weighted by Gasteiger charge is 2.21. The quantitative estimate of drug-likeness (QED) is 0.920. The number of aryl methyl sites for hydroxylation is 2. The monoisotopic (exact) mass is 272 g/mol. The first-order valence-corrected chi connectivity index (χ1v) is 6.32. The Morgan fingerprint density at radius 1 is 1.30 bits per heavy atom. The van der Waals surface area contributed by atoms with E-state index in [0.717, 1.165) is 0 Å². The van der Waals surface area contributed by atoms with Crippen LogP contribution in [0.2, 0.25) is 0 Å². The summed E-state index contributed by atoms with van der Waals surface area (Å²) in [6, 6.07) is 10.7. The van der Waals surface area contributed by atoms with Gasteiger partial charge >= 0.3 is 11.7 Å². The molecule has 0 spiro atoms. The number of nitrogens with zero attached hydrogens (tertiary/aromatic N) is 2. The van der Waals surface area contributed by atoms with E-state index in [0.29, 0.717) is 17.0 Å². The normalized spacial score (nSPS) is 12.1. The molecule has 0 saturated carbocycles. The molecule has 0 fully saturated rings. The summed E-state index contributed by atoms with van der Waals surface area (Å²) in [5.74, 6) is -1.72. The van der Waals surface area contributed by atoms with Crippen LogP contribution >= 0.6 is 0 Å². The van der Waals surface area contributed by atoms with Crippen LogP contribution in [-0.4, -0.2) is 20.6 Å². The van der Waals surface area contributed by atoms with Crippen LogP contribution in [0.3, 0.4) is 0 Å². The highest BCUT2D eigenvalue weighted by Crippen LogP contribution is 2.18. The van der Waals surface area contributed by atoms with Crippen molar-refractivity contribution in [2.75, 3.05) is 0 Å². The maximum absolute atomic E-state index is 11.9. The van der Waals surface area contributed by atoms with E-state index in [4.69, 9.17) is 0 Å². The molecule has 0 radical (unpaired) electrons. The third-order valence-electron chi connectivity index (χ3n) is 3.21. The number of carbonyl (C=O) groups is 1. The number of aliphatic carboxylic acids is 1. The first-order chi connectivity index (χ1) is 9.49. The van der Waals surface area contributed by atoms with Crippen molar-refractivity contribution in [3.8, 4) is 0 Å². The van der Waals surface area contributed by atoms with Crippen LogP contribution in [0, 0.1) is 13.8 Å². The lowest BCUT2D eigenvalue weighted by atomic mass is 9.99. The molecule has 0 aliphatic rings. The summed E-state index contributed by atoms with van der Waals surface area (Å²) in [4.78, 5) is 27.2. The van der Waals surface area contributed by atoms with E-state index >= 15 is 0 Å². The number of carboxylic acid groups (broad SMARTS) is 1. The highest BCUT2D eigenvalue weighted by atomic mass is 16.4. The fraction of sp³-hybridized carbons (Fsp3) is 0.267. The van der Waals surface area contributed by atoms with Gasteiger partial charge in [-0.3, -0.25) is 9.36 Å². The summed E-state index contributed by atoms with van der Waals surface area (Å²) in [5.41, 5.74) is 1.61. The van der Waals surface area contributed by atoms with Gasteiger partial charge in [-0.15, -0.1) is 0 Å². The molecule has 0 saturated heterocycles. The van der Waals surface area contributed by atoms with Crippen molar-refractivity contribution in [2.45, 2.75) is 26.3 Å². The number of hydrogen-bond donors (Lipinski definition) is 1. The average Bonchev–Trinajstić information content (AvgIpc) is 2.38. The molecule has 1 unspecified atom stereocenters. The summed E-state index contributed by atoms with van der Waals surface area (Å²) < 4.78 is 1.40. The molecular formula is C15H16N2O3. The van der Waals surface area contributed by atoms with Crippen LogP contribution in [0.15, 0.2) is 41.2 Å². The maximum Gasteiger partial charge on any atom is 0.347 e. The number of hydrogen-bond acceptors (Lipinski definition) is 3. The number of benzene rings is 1. The second-order valence-electron chi connectivity index (χ2n) is 4.73. The molecule has 104 valence electrons. The molecule has 1 N–H and O–H groups in total. The van der Waals surface area contributed by atoms with Crippen LogP contribution in [0.4, 0.5) is 0 Å². The van der Waals surface area contributed by atoms with Crippen molar-refractivity contribution in [1.29, 1.82) is 0 Å². The predicted molar refractivity (Wildman–Crippen MR) is 74.8 cm³/mol. The molecule has 0 amide bonds. The molecule has 5 heteroatoms. The molecule has 1 aromatic carbocycles. The predicted octanol–water partition coefficient (Wildman–Crippen LogP) is 1.73. The number of carboxylic acids is 1. The van der Waals surface area contributed by atoms with Crippen LogP contribution in [0.5, 0.6) is 0 Å². The van der Waals surface area contributed by atoms with Gasteiger partial charge in [-0.2, -0.15) is 4.98 Å². The Kier molecular flexibility index (Phi) is 3.98. The summed E-state index contributed by atoms with van der Waals surface area (Å²) in [6.07, 6.45) is 0. The van der Waals surface area contributed by atoms with Gasteiger partial charge in [0.1, 0.15) is 0 Å². The van der Waals surface area contributed by atoms with Crippen molar-refractivity contribution in [2.24, 2.45) is 0 Å². The lowest BCUT2D eigenvalue weighted by molar-refractivity contribution is -0.139. The van der Waals surface area contributed by atoms with Gasteiger partial charge in [0.05, 0.1) is 5.92 Å². The largest absolute Gasteiger partial charge is 0.481 e. The highest BCUT2D eigenvalue weighted by molar-refractivity contribution is 5.75. The molecular weight excluding hydrogens is 256 g/mol. The molecule has 20 heavy (non-hydrogen) atoms. The van der Waals surface area contributed by atoms with E-state index in [1.165, 1.54) is 4.57 Å². The third kappa shape index (κ3) is 2.93. The molecule has 2 aromatic rings. The summed E-state index contributed by atoms with van der Waals surface area (Å²) in [7, 11) is 0. The van der Waals surface area contributed by atoms with Gasteiger partial charge in [-0.05, 0) is 25.5 Å². The summed E-state index contributed by atoms with van der Waals surface area (Å²) >= 11 is 0. The average molecular weight is 272 g/mol. The molecule has 0 aliphatic heterocycles. The van der Waals surface area contributed by atoms with Gasteiger partial charge in [0, 0.05) is 17.9 Å². The van der Waals surface area contributed by atoms with Crippen LogP contribution in [-0.2, 0) is 11.3 Å². The van der Waals surface area contributed by atoms with E-state index in [2.05, 4.69) is 4.98 Å². The molecule has 2 rings (SSSR count). The minimum absolute atomic E-state index is 0.0806. The van der Waals surface area contributed by atoms with Crippen molar-refractivity contribution in [3.63, 3.8) is 0 Å². The van der Waals surface area contributed by atoms with Crippen molar-refractivity contribution in [1.82, 2.24) is 9.55 Å². The molecule has 1 heterocycles. The van der Waals surface area contributed by atoms with E-state index in [1.807, 2.05) is 6.07 Å². The van der Waals surface area contributed by atoms with Gasteiger partial charge < -0.3 is 5.11 Å². The van der Waals surface area contributed by atoms with E-state index in [-0.39, 0.29) is 6.54 Å². The minimum Gasteiger partial charge on any atom is -0.481 e. The Morgan fingerprint density at radius 2 is 1.95 bits per heavy atom. The molecule has 1 aromatic heterocycles. The van der Waals surface area contributed by atoms with E-state index < -0.39 is 17.6 Å². The first-order valence-electron chi connectivity index (χ1n) is 6.32. The van der Waals surface area contributed by atoms with Crippen molar-refractivity contribution in [3.05, 3.63) is 63.8 Å². The van der Waals surface area contributed by atoms with Gasteiger partial charge in [-0.1, -0.05) is 30.3 Å². The Morgan fingerprint density at radius 3 is 2.50 bits per heavy atom. The van der Waals surface area contributed by atoms with E-state index in [9.17, 15) is 14.7 Å². The fourth-order valence-corrected chi connectivity index (χ4v) is 2.19. The molecule has 0 aliphatic carbocycles. The van der Waals surface area contributed by atoms with Gasteiger partial charge in [0.15, 0.2) is 0 Å². The van der Waals surface area contributed by atoms with E-state index in [1.54, 1.807) is 44.2 Å². The zero-order valence-corrected chi connectivity index (χ0v) is 11.4. The SMILES string of the molecule is Cc1cc(C)n(CC(C(=O)O)c2ccccc2)c(=O)n1. The second-order valence-corrected chi connectivity index (χ2v) is 4.73. The Labute approximate surface area is 116 Å². The zero-order chi connectivity index (χ0) is 14.7. The first kappa shape index (κ1) is 14.0. The molecule has 5 nitrogen and oxygen atoms in total. The maximum atomic E-state index is 11.9. The minimum atomic E-state index is -0.955. The zero-order valence-electron chi connectivity index (χ0n) is 11.4. The fourth-order valence-electron chi connectivity index (χ4n) is 2.19. The summed E-state index contributed by atoms with van der Waals surface area (Å²) in [5, 5.41) is 9.39.